The van der Waals surface area contributed by atoms with Gasteiger partial charge in [-0.3, -0.25) is 0 Å². The van der Waals surface area contributed by atoms with E-state index in [-0.39, 0.29) is 70.8 Å². The van der Waals surface area contributed by atoms with Crippen LogP contribution in [0.15, 0.2) is 42.5 Å². The topological polar surface area (TPSA) is 121 Å². The highest BCUT2D eigenvalue weighted by Crippen LogP contribution is 2.41. The molecule has 1 fully saturated rings. The Balaban J connectivity index is 1.33. The number of aromatic nitrogens is 5. The Morgan fingerprint density at radius 3 is 2.55 bits per heavy atom. The van der Waals surface area contributed by atoms with E-state index in [4.69, 9.17) is 14.2 Å². The van der Waals surface area contributed by atoms with Gasteiger partial charge in [0.15, 0.2) is 10.8 Å². The quantitative estimate of drug-likeness (QED) is 0.215. The molecule has 228 valence electrons. The lowest BCUT2D eigenvalue weighted by Crippen LogP contribution is -2.27. The van der Waals surface area contributed by atoms with Crippen LogP contribution in [0.3, 0.4) is 0 Å². The normalized spacial score (nSPS) is 16.0. The fourth-order valence-corrected chi connectivity index (χ4v) is 5.79. The number of benzene rings is 2. The number of carboxylic acid groups (broad SMARTS) is 1. The summed E-state index contributed by atoms with van der Waals surface area (Å²) >= 11 is 1.21. The molecule has 6 rings (SSSR count). The second-order valence-corrected chi connectivity index (χ2v) is 12.0. The SMILES string of the molecule is COc1nnc(COc2cccc(-c3cc(F)c(Cc4nc5c(F)cc(C(=O)O)cc5n4C4COCC4(C)C)c(F)c3)n2)s1. The van der Waals surface area contributed by atoms with Crippen LogP contribution in [0.25, 0.3) is 22.3 Å². The van der Waals surface area contributed by atoms with Crippen LogP contribution in [0.2, 0.25) is 0 Å². The Hall–Kier alpha value is -4.56. The van der Waals surface area contributed by atoms with E-state index in [9.17, 15) is 9.90 Å². The summed E-state index contributed by atoms with van der Waals surface area (Å²) in [4.78, 5) is 20.5. The van der Waals surface area contributed by atoms with Crippen molar-refractivity contribution in [3.63, 3.8) is 0 Å². The summed E-state index contributed by atoms with van der Waals surface area (Å²) in [5.74, 6) is -3.44. The number of rotatable bonds is 9. The Bertz CT molecular complexity index is 1870. The number of fused-ring (bicyclic) bond motifs is 1. The number of pyridine rings is 1. The molecular formula is C30H26F3N5O5S. The molecule has 10 nitrogen and oxygen atoms in total. The lowest BCUT2D eigenvalue weighted by molar-refractivity contribution is 0.0696. The van der Waals surface area contributed by atoms with Gasteiger partial charge < -0.3 is 23.9 Å². The molecule has 1 unspecified atom stereocenters. The van der Waals surface area contributed by atoms with Gasteiger partial charge in [-0.15, -0.1) is 5.10 Å². The van der Waals surface area contributed by atoms with Crippen molar-refractivity contribution in [1.29, 1.82) is 0 Å². The first kappa shape index (κ1) is 29.5. The first-order valence-corrected chi connectivity index (χ1v) is 14.3. The van der Waals surface area contributed by atoms with Gasteiger partial charge in [0.2, 0.25) is 5.88 Å². The zero-order valence-corrected chi connectivity index (χ0v) is 24.6. The number of imidazole rings is 1. The van der Waals surface area contributed by atoms with Crippen LogP contribution >= 0.6 is 11.3 Å². The van der Waals surface area contributed by atoms with Crippen molar-refractivity contribution in [1.82, 2.24) is 24.7 Å². The zero-order valence-electron chi connectivity index (χ0n) is 23.8. The van der Waals surface area contributed by atoms with Gasteiger partial charge in [-0.25, -0.2) is 27.9 Å². The Morgan fingerprint density at radius 2 is 1.89 bits per heavy atom. The molecule has 44 heavy (non-hydrogen) atoms. The van der Waals surface area contributed by atoms with Gasteiger partial charge in [-0.05, 0) is 30.3 Å². The van der Waals surface area contributed by atoms with Crippen molar-refractivity contribution in [3.8, 4) is 22.3 Å². The summed E-state index contributed by atoms with van der Waals surface area (Å²) in [7, 11) is 1.48. The Labute approximate surface area is 253 Å². The Morgan fingerprint density at radius 1 is 1.11 bits per heavy atom. The highest BCUT2D eigenvalue weighted by atomic mass is 32.1. The van der Waals surface area contributed by atoms with E-state index in [1.807, 2.05) is 13.8 Å². The molecule has 0 spiro atoms. The molecule has 4 heterocycles. The molecule has 0 amide bonds. The minimum atomic E-state index is -1.31. The third-order valence-corrected chi connectivity index (χ3v) is 8.35. The number of nitrogens with zero attached hydrogens (tertiary/aromatic N) is 5. The summed E-state index contributed by atoms with van der Waals surface area (Å²) in [5, 5.41) is 18.3. The van der Waals surface area contributed by atoms with E-state index in [0.717, 1.165) is 6.07 Å². The second kappa shape index (κ2) is 11.5. The highest BCUT2D eigenvalue weighted by molar-refractivity contribution is 7.13. The molecule has 1 atom stereocenters. The standard InChI is InChI=1S/C30H26F3N5O5S/c1-30(2)14-42-12-23(30)38-22-10-16(28(39)40)9-20(33)27(22)35-24(38)11-17-18(31)7-15(8-19(17)32)21-5-4-6-25(34-21)43-13-26-36-37-29(41-3)44-26/h4-10,23H,11-14H2,1-3H3,(H,39,40). The maximum atomic E-state index is 15.6. The lowest BCUT2D eigenvalue weighted by atomic mass is 9.87. The number of aromatic carboxylic acids is 1. The molecule has 1 saturated heterocycles. The minimum absolute atomic E-state index is 0.0809. The number of hydrogen-bond acceptors (Lipinski definition) is 9. The summed E-state index contributed by atoms with van der Waals surface area (Å²) in [6.07, 6.45) is -0.317. The number of methoxy groups -OCH3 is 1. The molecule has 2 aromatic carbocycles. The Kier molecular flexibility index (Phi) is 7.72. The summed E-state index contributed by atoms with van der Waals surface area (Å²) in [6.45, 7) is 4.61. The predicted octanol–water partition coefficient (Wildman–Crippen LogP) is 5.84. The summed E-state index contributed by atoms with van der Waals surface area (Å²) < 4.78 is 64.4. The van der Waals surface area contributed by atoms with Gasteiger partial charge in [-0.1, -0.05) is 36.3 Å². The third kappa shape index (κ3) is 5.57. The molecular weight excluding hydrogens is 599 g/mol. The first-order chi connectivity index (χ1) is 21.0. The molecule has 1 aliphatic rings. The van der Waals surface area contributed by atoms with Gasteiger partial charge in [0, 0.05) is 29.0 Å². The minimum Gasteiger partial charge on any atom is -0.478 e. The monoisotopic (exact) mass is 625 g/mol. The van der Waals surface area contributed by atoms with Crippen molar-refractivity contribution in [2.75, 3.05) is 20.3 Å². The van der Waals surface area contributed by atoms with Gasteiger partial charge in [0.25, 0.3) is 5.19 Å². The van der Waals surface area contributed by atoms with Gasteiger partial charge in [0.1, 0.15) is 29.6 Å². The average molecular weight is 626 g/mol. The largest absolute Gasteiger partial charge is 0.478 e. The maximum Gasteiger partial charge on any atom is 0.335 e. The van der Waals surface area contributed by atoms with Crippen LogP contribution in [0.1, 0.15) is 46.6 Å². The number of carboxylic acids is 1. The molecule has 1 N–H and O–H groups in total. The number of carbonyl (C=O) groups is 1. The van der Waals surface area contributed by atoms with Crippen LogP contribution in [0.5, 0.6) is 11.1 Å². The van der Waals surface area contributed by atoms with Gasteiger partial charge >= 0.3 is 5.97 Å². The fraction of sp³-hybridized carbons (Fsp3) is 0.300. The molecule has 0 radical (unpaired) electrons. The summed E-state index contributed by atoms with van der Waals surface area (Å²) in [5.41, 5.74) is -0.393. The highest BCUT2D eigenvalue weighted by Gasteiger charge is 2.39. The van der Waals surface area contributed by atoms with Gasteiger partial charge in [-0.2, -0.15) is 0 Å². The van der Waals surface area contributed by atoms with E-state index in [2.05, 4.69) is 20.2 Å². The zero-order chi connectivity index (χ0) is 31.2. The van der Waals surface area contributed by atoms with Crippen molar-refractivity contribution < 1.29 is 37.3 Å². The van der Waals surface area contributed by atoms with Crippen molar-refractivity contribution in [2.24, 2.45) is 5.41 Å². The number of ether oxygens (including phenoxy) is 3. The van der Waals surface area contributed by atoms with E-state index < -0.39 is 28.8 Å². The molecule has 0 aliphatic carbocycles. The number of halogens is 3. The van der Waals surface area contributed by atoms with E-state index in [0.29, 0.717) is 16.8 Å². The van der Waals surface area contributed by atoms with E-state index in [1.165, 1.54) is 36.6 Å². The van der Waals surface area contributed by atoms with Crippen LogP contribution in [0, 0.1) is 22.9 Å². The van der Waals surface area contributed by atoms with Crippen LogP contribution < -0.4 is 9.47 Å². The molecule has 0 saturated carbocycles. The second-order valence-electron chi connectivity index (χ2n) is 11.0. The van der Waals surface area contributed by atoms with Crippen molar-refractivity contribution in [2.45, 2.75) is 32.9 Å². The predicted molar refractivity (Wildman–Crippen MR) is 153 cm³/mol. The van der Waals surface area contributed by atoms with E-state index in [1.54, 1.807) is 22.8 Å². The maximum absolute atomic E-state index is 15.6. The smallest absolute Gasteiger partial charge is 0.335 e. The van der Waals surface area contributed by atoms with Gasteiger partial charge in [0.05, 0.1) is 43.1 Å². The number of hydrogen-bond donors (Lipinski definition) is 1. The van der Waals surface area contributed by atoms with Crippen molar-refractivity contribution >= 4 is 28.3 Å². The fourth-order valence-electron chi connectivity index (χ4n) is 5.22. The molecule has 5 aromatic rings. The van der Waals surface area contributed by atoms with Crippen LogP contribution in [-0.4, -0.2) is 56.1 Å². The van der Waals surface area contributed by atoms with E-state index >= 15 is 13.2 Å². The third-order valence-electron chi connectivity index (χ3n) is 7.49. The average Bonchev–Trinajstić information content (AvgIpc) is 3.70. The molecule has 0 bridgehead atoms. The first-order valence-electron chi connectivity index (χ1n) is 13.5. The lowest BCUT2D eigenvalue weighted by Gasteiger charge is -2.28. The molecule has 14 heteroatoms. The molecule has 3 aromatic heterocycles. The summed E-state index contributed by atoms with van der Waals surface area (Å²) in [6, 6.07) is 9.00. The molecule has 1 aliphatic heterocycles. The van der Waals surface area contributed by atoms with Crippen molar-refractivity contribution in [3.05, 3.63) is 81.9 Å². The van der Waals surface area contributed by atoms with Crippen LogP contribution in [0.4, 0.5) is 13.2 Å². The van der Waals surface area contributed by atoms with Crippen LogP contribution in [-0.2, 0) is 17.8 Å².